The van der Waals surface area contributed by atoms with Crippen molar-refractivity contribution in [3.63, 3.8) is 0 Å². The van der Waals surface area contributed by atoms with E-state index in [-0.39, 0.29) is 23.4 Å². The second kappa shape index (κ2) is 10.4. The molecule has 3 amide bonds. The van der Waals surface area contributed by atoms with Crippen molar-refractivity contribution in [3.05, 3.63) is 42.1 Å². The Labute approximate surface area is 253 Å². The molecule has 6 aliphatic rings. The molecular weight excluding hydrogens is 566 g/mol. The number of nitrogens with two attached hydrogens (primary N) is 1. The van der Waals surface area contributed by atoms with Crippen molar-refractivity contribution in [2.75, 3.05) is 60.2 Å². The zero-order chi connectivity index (χ0) is 30.1. The number of nitrogens with one attached hydrogen (secondary N) is 1. The van der Waals surface area contributed by atoms with E-state index in [0.29, 0.717) is 57.0 Å². The number of sulfonamides is 1. The summed E-state index contributed by atoms with van der Waals surface area (Å²) >= 11 is 0. The largest absolute Gasteiger partial charge is 0.369 e. The molecule has 2 aliphatic heterocycles. The van der Waals surface area contributed by atoms with Gasteiger partial charge in [0.15, 0.2) is 0 Å². The van der Waals surface area contributed by atoms with Crippen molar-refractivity contribution in [3.8, 4) is 0 Å². The van der Waals surface area contributed by atoms with Crippen LogP contribution < -0.4 is 25.8 Å². The summed E-state index contributed by atoms with van der Waals surface area (Å²) in [6.45, 7) is 5.35. The summed E-state index contributed by atoms with van der Waals surface area (Å²) in [5.74, 6) is 1.84. The van der Waals surface area contributed by atoms with Gasteiger partial charge in [-0.2, -0.15) is 4.31 Å². The van der Waals surface area contributed by atoms with Crippen LogP contribution in [-0.4, -0.2) is 81.2 Å². The fourth-order valence-electron chi connectivity index (χ4n) is 8.86. The minimum Gasteiger partial charge on any atom is -0.369 e. The summed E-state index contributed by atoms with van der Waals surface area (Å²) in [4.78, 5) is 37.3. The average molecular weight is 608 g/mol. The van der Waals surface area contributed by atoms with Crippen molar-refractivity contribution in [1.29, 1.82) is 0 Å². The van der Waals surface area contributed by atoms with Crippen LogP contribution in [0.25, 0.3) is 0 Å². The lowest BCUT2D eigenvalue weighted by Gasteiger charge is -2.59. The van der Waals surface area contributed by atoms with Gasteiger partial charge in [-0.1, -0.05) is 12.1 Å². The van der Waals surface area contributed by atoms with E-state index in [1.807, 2.05) is 42.3 Å². The summed E-state index contributed by atoms with van der Waals surface area (Å²) < 4.78 is 25.3. The van der Waals surface area contributed by atoms with Gasteiger partial charge in [-0.3, -0.25) is 9.69 Å². The van der Waals surface area contributed by atoms with Crippen LogP contribution in [0.4, 0.5) is 27.7 Å². The predicted molar refractivity (Wildman–Crippen MR) is 166 cm³/mol. The molecule has 2 aromatic rings. The lowest BCUT2D eigenvalue weighted by molar-refractivity contribution is -0.145. The topological polar surface area (TPSA) is 132 Å². The highest BCUT2D eigenvalue weighted by molar-refractivity contribution is 7.88. The summed E-state index contributed by atoms with van der Waals surface area (Å²) in [6, 6.07) is 10.1. The molecule has 2 atom stereocenters. The Bertz CT molecular complexity index is 1540. The number of aryl methyl sites for hydroxylation is 1. The molecule has 4 aliphatic carbocycles. The van der Waals surface area contributed by atoms with Crippen LogP contribution in [0, 0.1) is 30.1 Å². The van der Waals surface area contributed by atoms with Crippen LogP contribution in [0.5, 0.6) is 0 Å². The van der Waals surface area contributed by atoms with E-state index in [1.165, 1.54) is 10.6 Å². The molecule has 0 radical (unpaired) electrons. The molecule has 1 aromatic carbocycles. The van der Waals surface area contributed by atoms with Crippen LogP contribution in [0.3, 0.4) is 0 Å². The van der Waals surface area contributed by atoms with E-state index >= 15 is 0 Å². The van der Waals surface area contributed by atoms with Crippen LogP contribution in [-0.2, 0) is 14.8 Å². The maximum absolute atomic E-state index is 13.8. The highest BCUT2D eigenvalue weighted by Gasteiger charge is 2.58. The molecule has 3 N–H and O–H groups in total. The molecule has 1 saturated heterocycles. The Morgan fingerprint density at radius 3 is 2.28 bits per heavy atom. The molecule has 43 heavy (non-hydrogen) atoms. The van der Waals surface area contributed by atoms with Gasteiger partial charge in [-0.15, -0.1) is 0 Å². The second-order valence-electron chi connectivity index (χ2n) is 13.4. The number of carbonyl (C=O) groups is 2. The van der Waals surface area contributed by atoms with Crippen LogP contribution in [0.2, 0.25) is 0 Å². The number of amides is 3. The molecule has 230 valence electrons. The first-order valence-corrected chi connectivity index (χ1v) is 17.3. The molecular formula is C31H41N7O4S. The van der Waals surface area contributed by atoms with E-state index in [4.69, 9.17) is 10.7 Å². The number of para-hydroxylation sites is 2. The van der Waals surface area contributed by atoms with Gasteiger partial charge in [-0.05, 0) is 80.5 Å². The Morgan fingerprint density at radius 1 is 0.977 bits per heavy atom. The van der Waals surface area contributed by atoms with E-state index < -0.39 is 10.0 Å². The number of piperazine rings is 1. The number of carbonyl (C=O) groups excluding carboxylic acids is 2. The molecule has 11 nitrogen and oxygen atoms in total. The SMILES string of the molecule is Cc1cc(N2CCN(S(C)(=O)=O)CC2)cnc1N1CCN(C(=O)NC2C3CC4CC2CC(C(N)=O)(C4)C3)c2ccccc21. The first-order valence-electron chi connectivity index (χ1n) is 15.4. The third-order valence-corrected chi connectivity index (χ3v) is 12.0. The number of pyridine rings is 1. The molecule has 3 heterocycles. The number of hydrogen-bond donors (Lipinski definition) is 2. The predicted octanol–water partition coefficient (Wildman–Crippen LogP) is 2.82. The van der Waals surface area contributed by atoms with E-state index in [1.54, 1.807) is 0 Å². The highest BCUT2D eigenvalue weighted by Crippen LogP contribution is 2.60. The second-order valence-corrected chi connectivity index (χ2v) is 15.3. The fraction of sp³-hybridized carbons (Fsp3) is 0.581. The lowest BCUT2D eigenvalue weighted by atomic mass is 9.47. The maximum Gasteiger partial charge on any atom is 0.322 e. The third kappa shape index (κ3) is 4.92. The minimum absolute atomic E-state index is 0.0778. The van der Waals surface area contributed by atoms with Gasteiger partial charge in [0.1, 0.15) is 5.82 Å². The molecule has 12 heteroatoms. The normalized spacial score (nSPS) is 30.3. The van der Waals surface area contributed by atoms with Gasteiger partial charge in [0.25, 0.3) is 0 Å². The summed E-state index contributed by atoms with van der Waals surface area (Å²) in [5.41, 5.74) is 9.29. The van der Waals surface area contributed by atoms with E-state index in [2.05, 4.69) is 21.2 Å². The smallest absolute Gasteiger partial charge is 0.322 e. The average Bonchev–Trinajstić information content (AvgIpc) is 2.97. The van der Waals surface area contributed by atoms with Crippen LogP contribution in [0.15, 0.2) is 36.5 Å². The number of rotatable bonds is 5. The number of anilines is 4. The number of nitrogens with zero attached hydrogens (tertiary/aromatic N) is 5. The standard InChI is InChI=1S/C31H41N7O4S/c1-20-13-24(35-7-9-36(10-8-35)43(2,41)42)19-33-28(20)37-11-12-38(26-6-4-3-5-25(26)37)30(40)34-27-22-14-21-15-23(27)18-31(16-21,17-22)29(32)39/h3-6,13,19,21-23,27H,7-12,14-18H2,1-2H3,(H2,32,39)(H,34,40). The molecule has 0 spiro atoms. The van der Waals surface area contributed by atoms with Gasteiger partial charge in [-0.25, -0.2) is 18.2 Å². The first-order chi connectivity index (χ1) is 20.5. The quantitative estimate of drug-likeness (QED) is 0.534. The molecule has 1 aromatic heterocycles. The maximum atomic E-state index is 13.8. The minimum atomic E-state index is -3.18. The van der Waals surface area contributed by atoms with Gasteiger partial charge in [0.05, 0.1) is 29.5 Å². The number of fused-ring (bicyclic) bond motifs is 1. The van der Waals surface area contributed by atoms with Gasteiger partial charge < -0.3 is 20.9 Å². The van der Waals surface area contributed by atoms with Gasteiger partial charge in [0.2, 0.25) is 15.9 Å². The van der Waals surface area contributed by atoms with Crippen LogP contribution >= 0.6 is 0 Å². The number of aromatic nitrogens is 1. The Hall–Kier alpha value is -3.38. The lowest BCUT2D eigenvalue weighted by Crippen LogP contribution is -2.63. The third-order valence-electron chi connectivity index (χ3n) is 10.7. The molecule has 2 unspecified atom stereocenters. The number of primary amides is 1. The zero-order valence-corrected chi connectivity index (χ0v) is 25.7. The van der Waals surface area contributed by atoms with Crippen LogP contribution in [0.1, 0.15) is 37.7 Å². The Morgan fingerprint density at radius 2 is 1.65 bits per heavy atom. The fourth-order valence-corrected chi connectivity index (χ4v) is 9.69. The van der Waals surface area contributed by atoms with Crippen molar-refractivity contribution >= 4 is 44.8 Å². The monoisotopic (exact) mass is 607 g/mol. The van der Waals surface area contributed by atoms with Crippen molar-refractivity contribution in [2.24, 2.45) is 28.9 Å². The summed E-state index contributed by atoms with van der Waals surface area (Å²) in [7, 11) is -3.18. The van der Waals surface area contributed by atoms with Crippen molar-refractivity contribution in [1.82, 2.24) is 14.6 Å². The number of hydrogen-bond acceptors (Lipinski definition) is 7. The van der Waals surface area contributed by atoms with Gasteiger partial charge >= 0.3 is 6.03 Å². The Kier molecular flexibility index (Phi) is 6.84. The number of urea groups is 1. The summed E-state index contributed by atoms with van der Waals surface area (Å²) in [5, 5.41) is 3.41. The highest BCUT2D eigenvalue weighted by atomic mass is 32.2. The molecule has 8 rings (SSSR count). The summed E-state index contributed by atoms with van der Waals surface area (Å²) in [6.07, 6.45) is 7.75. The molecule has 4 bridgehead atoms. The Balaban J connectivity index is 1.07. The molecule has 5 fully saturated rings. The zero-order valence-electron chi connectivity index (χ0n) is 24.9. The number of benzene rings is 1. The molecule has 4 saturated carbocycles. The van der Waals surface area contributed by atoms with Crippen molar-refractivity contribution in [2.45, 2.75) is 45.1 Å². The van der Waals surface area contributed by atoms with E-state index in [9.17, 15) is 18.0 Å². The van der Waals surface area contributed by atoms with Gasteiger partial charge in [0, 0.05) is 50.7 Å². The van der Waals surface area contributed by atoms with Crippen molar-refractivity contribution < 1.29 is 18.0 Å². The first kappa shape index (κ1) is 28.4. The van der Waals surface area contributed by atoms with E-state index in [0.717, 1.165) is 60.5 Å².